The van der Waals surface area contributed by atoms with Gasteiger partial charge in [0.15, 0.2) is 11.5 Å². The lowest BCUT2D eigenvalue weighted by Gasteiger charge is -2.12. The van der Waals surface area contributed by atoms with Gasteiger partial charge in [0.1, 0.15) is 6.61 Å². The number of methoxy groups -OCH3 is 1. The van der Waals surface area contributed by atoms with E-state index in [2.05, 4.69) is 31.8 Å². The van der Waals surface area contributed by atoms with Gasteiger partial charge in [0.05, 0.1) is 19.9 Å². The number of anilines is 1. The predicted molar refractivity (Wildman–Crippen MR) is 132 cm³/mol. The van der Waals surface area contributed by atoms with Gasteiger partial charge in [-0.1, -0.05) is 45.2 Å². The molecule has 0 aliphatic heterocycles. The van der Waals surface area contributed by atoms with Gasteiger partial charge in [0.25, 0.3) is 5.91 Å². The molecule has 0 heterocycles. The third kappa shape index (κ3) is 7.15. The first kappa shape index (κ1) is 23.9. The van der Waals surface area contributed by atoms with Crippen LogP contribution in [-0.4, -0.2) is 25.8 Å². The van der Waals surface area contributed by atoms with Gasteiger partial charge in [0.2, 0.25) is 0 Å². The van der Waals surface area contributed by atoms with Crippen molar-refractivity contribution in [2.24, 2.45) is 5.10 Å². The molecule has 3 aromatic rings. The predicted octanol–water partition coefficient (Wildman–Crippen LogP) is 5.91. The second-order valence-corrected chi connectivity index (χ2v) is 8.35. The molecular formula is C23H20BrCl2N3O3. The smallest absolute Gasteiger partial charge is 0.259 e. The van der Waals surface area contributed by atoms with Crippen LogP contribution in [0, 0.1) is 0 Å². The van der Waals surface area contributed by atoms with E-state index in [1.54, 1.807) is 37.4 Å². The molecule has 3 aromatic carbocycles. The summed E-state index contributed by atoms with van der Waals surface area (Å²) in [7, 11) is 1.55. The van der Waals surface area contributed by atoms with E-state index in [-0.39, 0.29) is 19.1 Å². The summed E-state index contributed by atoms with van der Waals surface area (Å²) < 4.78 is 12.2. The maximum atomic E-state index is 12.0. The van der Waals surface area contributed by atoms with Crippen LogP contribution in [0.4, 0.5) is 5.69 Å². The Morgan fingerprint density at radius 1 is 1.06 bits per heavy atom. The van der Waals surface area contributed by atoms with Crippen LogP contribution in [0.25, 0.3) is 0 Å². The molecule has 0 atom stereocenters. The number of nitrogens with zero attached hydrogens (tertiary/aromatic N) is 1. The quantitative estimate of drug-likeness (QED) is 0.263. The molecule has 0 bridgehead atoms. The van der Waals surface area contributed by atoms with Crippen molar-refractivity contribution in [3.63, 3.8) is 0 Å². The van der Waals surface area contributed by atoms with Crippen molar-refractivity contribution in [2.75, 3.05) is 19.0 Å². The molecule has 0 radical (unpaired) electrons. The summed E-state index contributed by atoms with van der Waals surface area (Å²) in [4.78, 5) is 12.0. The van der Waals surface area contributed by atoms with Crippen LogP contribution < -0.4 is 20.2 Å². The first-order valence-electron chi connectivity index (χ1n) is 9.50. The topological polar surface area (TPSA) is 72.0 Å². The van der Waals surface area contributed by atoms with Crippen LogP contribution in [0.1, 0.15) is 11.1 Å². The van der Waals surface area contributed by atoms with Crippen LogP contribution in [0.5, 0.6) is 11.5 Å². The second-order valence-electron chi connectivity index (χ2n) is 6.59. The monoisotopic (exact) mass is 535 g/mol. The Morgan fingerprint density at radius 3 is 2.56 bits per heavy atom. The summed E-state index contributed by atoms with van der Waals surface area (Å²) in [5, 5.41) is 8.11. The molecule has 166 valence electrons. The molecule has 9 heteroatoms. The van der Waals surface area contributed by atoms with E-state index in [1.807, 2.05) is 30.3 Å². The summed E-state index contributed by atoms with van der Waals surface area (Å²) in [5.74, 6) is 0.816. The van der Waals surface area contributed by atoms with E-state index in [0.717, 1.165) is 21.3 Å². The highest BCUT2D eigenvalue weighted by atomic mass is 79.9. The summed E-state index contributed by atoms with van der Waals surface area (Å²) in [6.45, 7) is 0.365. The third-order valence-corrected chi connectivity index (χ3v) is 5.40. The minimum atomic E-state index is -0.268. The zero-order valence-corrected chi connectivity index (χ0v) is 20.2. The highest BCUT2D eigenvalue weighted by Gasteiger charge is 2.08. The summed E-state index contributed by atoms with van der Waals surface area (Å²) in [5.41, 5.74) is 4.87. The van der Waals surface area contributed by atoms with E-state index in [0.29, 0.717) is 21.5 Å². The standard InChI is InChI=1S/C23H20BrCl2N3O3/c1-31-22-10-15(2-9-21(22)32-14-16-3-6-18(25)11-20(16)26)12-28-29-23(30)13-27-19-7-4-17(24)5-8-19/h2-12,27H,13-14H2,1H3,(H,29,30)/b28-12-. The highest BCUT2D eigenvalue weighted by Crippen LogP contribution is 2.29. The highest BCUT2D eigenvalue weighted by molar-refractivity contribution is 9.10. The number of hydrazone groups is 1. The Morgan fingerprint density at radius 2 is 1.84 bits per heavy atom. The van der Waals surface area contributed by atoms with Crippen LogP contribution in [0.15, 0.2) is 70.2 Å². The molecule has 3 rings (SSSR count). The van der Waals surface area contributed by atoms with Gasteiger partial charge >= 0.3 is 0 Å². The molecule has 2 N–H and O–H groups in total. The Bertz CT molecular complexity index is 1110. The normalized spacial score (nSPS) is 10.8. The molecule has 0 aliphatic carbocycles. The maximum absolute atomic E-state index is 12.0. The average Bonchev–Trinajstić information content (AvgIpc) is 2.78. The van der Waals surface area contributed by atoms with Crippen molar-refractivity contribution >= 4 is 56.9 Å². The summed E-state index contributed by atoms with van der Waals surface area (Å²) in [6, 6.07) is 18.1. The minimum absolute atomic E-state index is 0.0995. The fraction of sp³-hybridized carbons (Fsp3) is 0.130. The molecule has 0 spiro atoms. The Hall–Kier alpha value is -2.74. The number of halogens is 3. The average molecular weight is 537 g/mol. The SMILES string of the molecule is COc1cc(/C=N\NC(=O)CNc2ccc(Br)cc2)ccc1OCc1ccc(Cl)cc1Cl. The van der Waals surface area contributed by atoms with Crippen LogP contribution in [-0.2, 0) is 11.4 Å². The molecule has 0 aliphatic rings. The zero-order chi connectivity index (χ0) is 22.9. The molecule has 0 saturated carbocycles. The van der Waals surface area contributed by atoms with Gasteiger partial charge in [-0.05, 0) is 60.2 Å². The molecular weight excluding hydrogens is 517 g/mol. The van der Waals surface area contributed by atoms with E-state index in [1.165, 1.54) is 6.21 Å². The van der Waals surface area contributed by atoms with E-state index >= 15 is 0 Å². The Labute approximate surface area is 204 Å². The second kappa shape index (κ2) is 11.8. The van der Waals surface area contributed by atoms with Gasteiger partial charge in [-0.25, -0.2) is 5.43 Å². The molecule has 32 heavy (non-hydrogen) atoms. The van der Waals surface area contributed by atoms with Gasteiger partial charge in [-0.15, -0.1) is 0 Å². The van der Waals surface area contributed by atoms with Gasteiger partial charge < -0.3 is 14.8 Å². The number of ether oxygens (including phenoxy) is 2. The van der Waals surface area contributed by atoms with Crippen molar-refractivity contribution in [3.8, 4) is 11.5 Å². The molecule has 0 unspecified atom stereocenters. The van der Waals surface area contributed by atoms with Crippen molar-refractivity contribution in [1.29, 1.82) is 0 Å². The molecule has 0 saturated heterocycles. The fourth-order valence-electron chi connectivity index (χ4n) is 2.65. The zero-order valence-electron chi connectivity index (χ0n) is 17.1. The summed E-state index contributed by atoms with van der Waals surface area (Å²) in [6.07, 6.45) is 1.53. The largest absolute Gasteiger partial charge is 0.493 e. The Balaban J connectivity index is 1.53. The lowest BCUT2D eigenvalue weighted by Crippen LogP contribution is -2.25. The van der Waals surface area contributed by atoms with Crippen LogP contribution in [0.2, 0.25) is 10.0 Å². The minimum Gasteiger partial charge on any atom is -0.493 e. The van der Waals surface area contributed by atoms with Gasteiger partial charge in [0, 0.05) is 25.8 Å². The fourth-order valence-corrected chi connectivity index (χ4v) is 3.37. The number of benzene rings is 3. The van der Waals surface area contributed by atoms with E-state index < -0.39 is 0 Å². The summed E-state index contributed by atoms with van der Waals surface area (Å²) >= 11 is 15.5. The number of carbonyl (C=O) groups is 1. The number of hydrogen-bond donors (Lipinski definition) is 2. The van der Waals surface area contributed by atoms with Crippen molar-refractivity contribution in [1.82, 2.24) is 5.43 Å². The third-order valence-electron chi connectivity index (χ3n) is 4.29. The molecule has 6 nitrogen and oxygen atoms in total. The lowest BCUT2D eigenvalue weighted by molar-refractivity contribution is -0.119. The van der Waals surface area contributed by atoms with Crippen LogP contribution in [0.3, 0.4) is 0 Å². The van der Waals surface area contributed by atoms with Crippen molar-refractivity contribution in [2.45, 2.75) is 6.61 Å². The first-order valence-corrected chi connectivity index (χ1v) is 11.1. The van der Waals surface area contributed by atoms with E-state index in [4.69, 9.17) is 32.7 Å². The molecule has 0 aromatic heterocycles. The number of carbonyl (C=O) groups excluding carboxylic acids is 1. The van der Waals surface area contributed by atoms with Crippen molar-refractivity contribution < 1.29 is 14.3 Å². The van der Waals surface area contributed by atoms with Crippen molar-refractivity contribution in [3.05, 3.63) is 86.3 Å². The Kier molecular flexibility index (Phi) is 8.79. The van der Waals surface area contributed by atoms with Crippen LogP contribution >= 0.6 is 39.1 Å². The number of rotatable bonds is 9. The first-order chi connectivity index (χ1) is 15.4. The molecule has 1 amide bonds. The maximum Gasteiger partial charge on any atom is 0.259 e. The number of amides is 1. The molecule has 0 fully saturated rings. The van der Waals surface area contributed by atoms with Gasteiger partial charge in [-0.2, -0.15) is 5.10 Å². The number of nitrogens with one attached hydrogen (secondary N) is 2. The van der Waals surface area contributed by atoms with E-state index in [9.17, 15) is 4.79 Å². The van der Waals surface area contributed by atoms with Gasteiger partial charge in [-0.3, -0.25) is 4.79 Å². The lowest BCUT2D eigenvalue weighted by atomic mass is 10.2. The number of hydrogen-bond acceptors (Lipinski definition) is 5.